The lowest BCUT2D eigenvalue weighted by Crippen LogP contribution is -2.29. The average Bonchev–Trinajstić information content (AvgIpc) is 2.51. The summed E-state index contributed by atoms with van der Waals surface area (Å²) in [4.78, 5) is 0. The Morgan fingerprint density at radius 1 is 1.54 bits per heavy atom. The summed E-state index contributed by atoms with van der Waals surface area (Å²) in [5.41, 5.74) is 7.27. The number of rotatable bonds is 3. The largest absolute Gasteiger partial charge is 0.472 e. The maximum Gasteiger partial charge on any atom is 0.0950 e. The number of furan rings is 1. The molecule has 1 aromatic heterocycles. The maximum atomic E-state index is 6.13. The van der Waals surface area contributed by atoms with Crippen molar-refractivity contribution < 1.29 is 4.42 Å². The Morgan fingerprint density at radius 2 is 2.31 bits per heavy atom. The van der Waals surface area contributed by atoms with Gasteiger partial charge >= 0.3 is 0 Å². The first-order valence-electron chi connectivity index (χ1n) is 5.06. The van der Waals surface area contributed by atoms with Crippen molar-refractivity contribution in [3.05, 3.63) is 24.2 Å². The molecule has 0 aliphatic heterocycles. The monoisotopic (exact) mass is 179 g/mol. The molecule has 0 spiro atoms. The van der Waals surface area contributed by atoms with Crippen LogP contribution in [0.4, 0.5) is 0 Å². The molecule has 2 N–H and O–H groups in total. The molecule has 0 saturated heterocycles. The topological polar surface area (TPSA) is 39.2 Å². The highest BCUT2D eigenvalue weighted by Crippen LogP contribution is 2.38. The first-order valence-corrected chi connectivity index (χ1v) is 5.06. The first kappa shape index (κ1) is 8.82. The van der Waals surface area contributed by atoms with Crippen LogP contribution in [0, 0.1) is 11.8 Å². The van der Waals surface area contributed by atoms with Gasteiger partial charge in [-0.05, 0) is 17.9 Å². The fourth-order valence-electron chi connectivity index (χ4n) is 2.03. The maximum absolute atomic E-state index is 6.13. The van der Waals surface area contributed by atoms with Gasteiger partial charge < -0.3 is 10.2 Å². The Labute approximate surface area is 79.1 Å². The zero-order chi connectivity index (χ0) is 9.26. The van der Waals surface area contributed by atoms with Crippen LogP contribution in [0.2, 0.25) is 0 Å². The van der Waals surface area contributed by atoms with Gasteiger partial charge in [0, 0.05) is 11.6 Å². The smallest absolute Gasteiger partial charge is 0.0950 e. The van der Waals surface area contributed by atoms with E-state index < -0.39 is 0 Å². The van der Waals surface area contributed by atoms with Gasteiger partial charge in [-0.2, -0.15) is 0 Å². The zero-order valence-corrected chi connectivity index (χ0v) is 8.07. The van der Waals surface area contributed by atoms with Gasteiger partial charge in [-0.15, -0.1) is 0 Å². The van der Waals surface area contributed by atoms with E-state index >= 15 is 0 Å². The Bertz CT molecular complexity index is 251. The van der Waals surface area contributed by atoms with Crippen LogP contribution in [0.5, 0.6) is 0 Å². The standard InChI is InChI=1S/C11H17NO/c1-8(9-3-2-4-9)11(12)10-5-6-13-7-10/h5-9,11H,2-4,12H2,1H3. The zero-order valence-electron chi connectivity index (χ0n) is 8.07. The van der Waals surface area contributed by atoms with Crippen LogP contribution in [0.15, 0.2) is 23.0 Å². The van der Waals surface area contributed by atoms with Crippen molar-refractivity contribution in [2.45, 2.75) is 32.2 Å². The van der Waals surface area contributed by atoms with Crippen molar-refractivity contribution in [3.63, 3.8) is 0 Å². The molecule has 13 heavy (non-hydrogen) atoms. The van der Waals surface area contributed by atoms with Gasteiger partial charge in [0.15, 0.2) is 0 Å². The highest BCUT2D eigenvalue weighted by molar-refractivity contribution is 5.12. The van der Waals surface area contributed by atoms with Crippen molar-refractivity contribution >= 4 is 0 Å². The van der Waals surface area contributed by atoms with Gasteiger partial charge in [-0.25, -0.2) is 0 Å². The molecule has 2 nitrogen and oxygen atoms in total. The fourth-order valence-corrected chi connectivity index (χ4v) is 2.03. The number of nitrogens with two attached hydrogens (primary N) is 1. The molecule has 1 heterocycles. The highest BCUT2D eigenvalue weighted by Gasteiger charge is 2.28. The van der Waals surface area contributed by atoms with E-state index in [-0.39, 0.29) is 6.04 Å². The van der Waals surface area contributed by atoms with E-state index in [1.54, 1.807) is 12.5 Å². The molecule has 0 amide bonds. The molecule has 0 radical (unpaired) electrons. The van der Waals surface area contributed by atoms with E-state index in [0.29, 0.717) is 5.92 Å². The minimum atomic E-state index is 0.157. The Balaban J connectivity index is 1.99. The molecular formula is C11H17NO. The first-order chi connectivity index (χ1) is 6.29. The van der Waals surface area contributed by atoms with Crippen molar-refractivity contribution in [3.8, 4) is 0 Å². The van der Waals surface area contributed by atoms with Crippen LogP contribution in [-0.4, -0.2) is 0 Å². The number of hydrogen-bond acceptors (Lipinski definition) is 2. The van der Waals surface area contributed by atoms with Crippen LogP contribution in [-0.2, 0) is 0 Å². The molecule has 2 atom stereocenters. The summed E-state index contributed by atoms with van der Waals surface area (Å²) < 4.78 is 5.04. The van der Waals surface area contributed by atoms with E-state index in [9.17, 15) is 0 Å². The van der Waals surface area contributed by atoms with Crippen molar-refractivity contribution in [1.82, 2.24) is 0 Å². The number of hydrogen-bond donors (Lipinski definition) is 1. The summed E-state index contributed by atoms with van der Waals surface area (Å²) in [6, 6.07) is 2.13. The average molecular weight is 179 g/mol. The minimum absolute atomic E-state index is 0.157. The normalized spacial score (nSPS) is 22.3. The van der Waals surface area contributed by atoms with Crippen molar-refractivity contribution in [1.29, 1.82) is 0 Å². The summed E-state index contributed by atoms with van der Waals surface area (Å²) in [5, 5.41) is 0. The van der Waals surface area contributed by atoms with Gasteiger partial charge in [0.2, 0.25) is 0 Å². The van der Waals surface area contributed by atoms with Crippen molar-refractivity contribution in [2.75, 3.05) is 0 Å². The molecule has 2 rings (SSSR count). The molecule has 1 aliphatic rings. The summed E-state index contributed by atoms with van der Waals surface area (Å²) in [7, 11) is 0. The molecule has 1 aliphatic carbocycles. The van der Waals surface area contributed by atoms with Crippen LogP contribution < -0.4 is 5.73 Å². The Hall–Kier alpha value is -0.760. The van der Waals surface area contributed by atoms with Gasteiger partial charge in [0.25, 0.3) is 0 Å². The molecular weight excluding hydrogens is 162 g/mol. The second kappa shape index (κ2) is 3.54. The lowest BCUT2D eigenvalue weighted by Gasteiger charge is -2.34. The third kappa shape index (κ3) is 1.63. The SMILES string of the molecule is CC(C1CCC1)C(N)c1ccoc1. The molecule has 1 fully saturated rings. The van der Waals surface area contributed by atoms with Gasteiger partial charge in [0.1, 0.15) is 0 Å². The highest BCUT2D eigenvalue weighted by atomic mass is 16.3. The summed E-state index contributed by atoms with van der Waals surface area (Å²) >= 11 is 0. The predicted octanol–water partition coefficient (Wildman–Crippen LogP) is 2.72. The Morgan fingerprint density at radius 3 is 2.77 bits per heavy atom. The predicted molar refractivity (Wildman–Crippen MR) is 52.1 cm³/mol. The second-order valence-electron chi connectivity index (χ2n) is 4.13. The molecule has 0 bridgehead atoms. The lowest BCUT2D eigenvalue weighted by atomic mass is 9.73. The van der Waals surface area contributed by atoms with E-state index in [0.717, 1.165) is 11.5 Å². The van der Waals surface area contributed by atoms with Gasteiger partial charge in [-0.3, -0.25) is 0 Å². The van der Waals surface area contributed by atoms with Crippen LogP contribution in [0.1, 0.15) is 37.8 Å². The van der Waals surface area contributed by atoms with Crippen molar-refractivity contribution in [2.24, 2.45) is 17.6 Å². The van der Waals surface area contributed by atoms with Crippen LogP contribution in [0.3, 0.4) is 0 Å². The van der Waals surface area contributed by atoms with Crippen LogP contribution >= 0.6 is 0 Å². The molecule has 2 heteroatoms. The molecule has 2 unspecified atom stereocenters. The van der Waals surface area contributed by atoms with E-state index in [1.807, 2.05) is 6.07 Å². The van der Waals surface area contributed by atoms with Gasteiger partial charge in [-0.1, -0.05) is 26.2 Å². The summed E-state index contributed by atoms with van der Waals surface area (Å²) in [6.07, 6.45) is 7.55. The van der Waals surface area contributed by atoms with Crippen LogP contribution in [0.25, 0.3) is 0 Å². The molecule has 72 valence electrons. The second-order valence-corrected chi connectivity index (χ2v) is 4.13. The van der Waals surface area contributed by atoms with Gasteiger partial charge in [0.05, 0.1) is 12.5 Å². The lowest BCUT2D eigenvalue weighted by molar-refractivity contribution is 0.193. The summed E-state index contributed by atoms with van der Waals surface area (Å²) in [5.74, 6) is 1.43. The molecule has 1 saturated carbocycles. The Kier molecular flexibility index (Phi) is 2.40. The minimum Gasteiger partial charge on any atom is -0.472 e. The summed E-state index contributed by atoms with van der Waals surface area (Å²) in [6.45, 7) is 2.25. The fraction of sp³-hybridized carbons (Fsp3) is 0.636. The molecule has 1 aromatic rings. The third-order valence-electron chi connectivity index (χ3n) is 3.39. The third-order valence-corrected chi connectivity index (χ3v) is 3.39. The van der Waals surface area contributed by atoms with E-state index in [4.69, 9.17) is 10.2 Å². The van der Waals surface area contributed by atoms with E-state index in [1.165, 1.54) is 19.3 Å². The molecule has 0 aromatic carbocycles. The van der Waals surface area contributed by atoms with E-state index in [2.05, 4.69) is 6.92 Å². The quantitative estimate of drug-likeness (QED) is 0.774.